The van der Waals surface area contributed by atoms with Gasteiger partial charge in [-0.2, -0.15) is 0 Å². The van der Waals surface area contributed by atoms with Crippen molar-refractivity contribution in [2.24, 2.45) is 0 Å². The number of nitrogens with zero attached hydrogens (tertiary/aromatic N) is 3. The van der Waals surface area contributed by atoms with E-state index in [9.17, 15) is 4.57 Å². The van der Waals surface area contributed by atoms with Gasteiger partial charge in [0.05, 0.1) is 51.8 Å². The molecule has 0 fully saturated rings. The highest BCUT2D eigenvalue weighted by molar-refractivity contribution is 7.51. The molecule has 0 aliphatic rings. The Balaban J connectivity index is 2.27. The molecule has 0 bridgehead atoms. The number of aromatic nitrogens is 3. The highest BCUT2D eigenvalue weighted by atomic mass is 31.2. The zero-order valence-corrected chi connectivity index (χ0v) is 36.4. The fourth-order valence-corrected chi connectivity index (χ4v) is 7.66. The van der Waals surface area contributed by atoms with Crippen LogP contribution in [-0.2, 0) is 36.2 Å². The Hall–Kier alpha value is -1.35. The molecule has 0 atom stereocenters. The molecule has 0 aliphatic carbocycles. The summed E-state index contributed by atoms with van der Waals surface area (Å²) >= 11 is 0. The number of methoxy groups -OCH3 is 1. The predicted molar refractivity (Wildman–Crippen MR) is 228 cm³/mol. The van der Waals surface area contributed by atoms with Gasteiger partial charge in [-0.25, -0.2) is 14.3 Å². The summed E-state index contributed by atoms with van der Waals surface area (Å²) in [6, 6.07) is 0. The Kier molecular flexibility index (Phi) is 37.4. The fourth-order valence-electron chi connectivity index (χ4n) is 6.31. The van der Waals surface area contributed by atoms with Gasteiger partial charge in [0.15, 0.2) is 0 Å². The summed E-state index contributed by atoms with van der Waals surface area (Å²) in [5, 5.41) is 11.5. The number of unbranched alkanes of at least 4 members (excludes halogenated alkanes) is 24. The molecule has 0 aromatic carbocycles. The molecule has 316 valence electrons. The third kappa shape index (κ3) is 33.9. The summed E-state index contributed by atoms with van der Waals surface area (Å²) in [4.78, 5) is 0. The molecule has 1 aromatic heterocycles. The number of nitrogens with one attached hydrogen (secondary N) is 1. The molecule has 0 aliphatic heterocycles. The molecule has 0 saturated carbocycles. The Morgan fingerprint density at radius 3 is 1.44 bits per heavy atom. The molecule has 0 unspecified atom stereocenters. The van der Waals surface area contributed by atoms with Gasteiger partial charge < -0.3 is 9.47 Å². The number of hydrogen-bond acceptors (Lipinski definition) is 7. The van der Waals surface area contributed by atoms with Crippen LogP contribution in [0.2, 0.25) is 0 Å². The molecule has 1 rings (SSSR count). The zero-order chi connectivity index (χ0) is 38.9. The lowest BCUT2D eigenvalue weighted by Crippen LogP contribution is -2.16. The van der Waals surface area contributed by atoms with Gasteiger partial charge in [-0.15, -0.1) is 5.10 Å². The average molecular weight is 781 g/mol. The summed E-state index contributed by atoms with van der Waals surface area (Å²) < 4.78 is 37.9. The zero-order valence-electron chi connectivity index (χ0n) is 35.5. The molecule has 9 nitrogen and oxygen atoms in total. The largest absolute Gasteiger partial charge is 0.405 e. The van der Waals surface area contributed by atoms with Crippen LogP contribution in [0, 0.1) is 0 Å². The second-order valence-corrected chi connectivity index (χ2v) is 16.8. The minimum atomic E-state index is -3.47. The highest BCUT2D eigenvalue weighted by Gasteiger charge is 2.24. The molecule has 0 amide bonds. The van der Waals surface area contributed by atoms with E-state index >= 15 is 0 Å². The van der Waals surface area contributed by atoms with E-state index < -0.39 is 7.75 Å². The van der Waals surface area contributed by atoms with Crippen molar-refractivity contribution in [2.75, 3.05) is 40.1 Å². The van der Waals surface area contributed by atoms with E-state index in [2.05, 4.69) is 53.6 Å². The average Bonchev–Trinajstić information content (AvgIpc) is 3.64. The third-order valence-corrected chi connectivity index (χ3v) is 11.4. The number of allylic oxidation sites excluding steroid dienone is 4. The van der Waals surface area contributed by atoms with Crippen LogP contribution >= 0.6 is 7.75 Å². The van der Waals surface area contributed by atoms with Gasteiger partial charge >= 0.3 is 7.75 Å². The maximum atomic E-state index is 13.7. The summed E-state index contributed by atoms with van der Waals surface area (Å²) in [5.74, 6) is 0. The standard InChI is InChI=1S/C44H85N4O5P/c1-4-6-8-10-12-14-16-18-20-22-24-26-28-30-32-34-37-52-54(49,45-42-44-43-48(47-46-44)36-39-51-41-40-50-3)53-38-35-33-31-29-27-25-23-21-19-17-15-13-11-9-7-5-2/h18-21,43H,4-17,22-42H2,1-3H3,(H,45,49)/b20-18-,21-19-. The van der Waals surface area contributed by atoms with Gasteiger partial charge in [-0.1, -0.05) is 159 Å². The van der Waals surface area contributed by atoms with Gasteiger partial charge in [0.25, 0.3) is 0 Å². The van der Waals surface area contributed by atoms with Crippen LogP contribution in [0.1, 0.15) is 199 Å². The second kappa shape index (κ2) is 39.9. The minimum Gasteiger partial charge on any atom is -0.382 e. The first-order valence-electron chi connectivity index (χ1n) is 22.5. The first-order valence-corrected chi connectivity index (χ1v) is 24.1. The molecule has 0 spiro atoms. The molecule has 54 heavy (non-hydrogen) atoms. The van der Waals surface area contributed by atoms with Crippen molar-refractivity contribution in [1.82, 2.24) is 20.1 Å². The van der Waals surface area contributed by atoms with E-state index in [0.29, 0.717) is 45.3 Å². The van der Waals surface area contributed by atoms with E-state index in [1.165, 1.54) is 154 Å². The summed E-state index contributed by atoms with van der Waals surface area (Å²) in [6.45, 7) is 7.88. The quantitative estimate of drug-likeness (QED) is 0.0397. The van der Waals surface area contributed by atoms with E-state index in [1.807, 2.05) is 6.20 Å². The van der Waals surface area contributed by atoms with Crippen molar-refractivity contribution in [2.45, 2.75) is 207 Å². The Morgan fingerprint density at radius 2 is 1.00 bits per heavy atom. The van der Waals surface area contributed by atoms with Gasteiger partial charge in [-0.05, 0) is 64.2 Å². The first-order chi connectivity index (χ1) is 26.6. The van der Waals surface area contributed by atoms with Gasteiger partial charge in [0.2, 0.25) is 0 Å². The first kappa shape index (κ1) is 50.7. The maximum absolute atomic E-state index is 13.7. The number of rotatable bonds is 43. The van der Waals surface area contributed by atoms with Crippen molar-refractivity contribution in [3.05, 3.63) is 36.2 Å². The Bertz CT molecular complexity index is 973. The van der Waals surface area contributed by atoms with E-state index in [1.54, 1.807) is 11.8 Å². The van der Waals surface area contributed by atoms with E-state index in [0.717, 1.165) is 25.7 Å². The second-order valence-electron chi connectivity index (χ2n) is 15.0. The fraction of sp³-hybridized carbons (Fsp3) is 0.864. The van der Waals surface area contributed by atoms with Crippen LogP contribution in [-0.4, -0.2) is 55.1 Å². The van der Waals surface area contributed by atoms with Gasteiger partial charge in [0.1, 0.15) is 0 Å². The molecular weight excluding hydrogens is 695 g/mol. The monoisotopic (exact) mass is 781 g/mol. The lowest BCUT2D eigenvalue weighted by molar-refractivity contribution is 0.0652. The van der Waals surface area contributed by atoms with Crippen LogP contribution in [0.3, 0.4) is 0 Å². The van der Waals surface area contributed by atoms with Crippen molar-refractivity contribution in [3.8, 4) is 0 Å². The lowest BCUT2D eigenvalue weighted by Gasteiger charge is -2.19. The van der Waals surface area contributed by atoms with Crippen molar-refractivity contribution < 1.29 is 23.1 Å². The molecule has 0 saturated heterocycles. The Labute approximate surface area is 333 Å². The minimum absolute atomic E-state index is 0.266. The van der Waals surface area contributed by atoms with Crippen molar-refractivity contribution in [3.63, 3.8) is 0 Å². The van der Waals surface area contributed by atoms with Crippen molar-refractivity contribution in [1.29, 1.82) is 0 Å². The summed E-state index contributed by atoms with van der Waals surface area (Å²) in [7, 11) is -1.81. The topological polar surface area (TPSA) is 96.7 Å². The predicted octanol–water partition coefficient (Wildman–Crippen LogP) is 13.2. The van der Waals surface area contributed by atoms with Gasteiger partial charge in [-0.3, -0.25) is 9.05 Å². The third-order valence-electron chi connectivity index (χ3n) is 9.77. The van der Waals surface area contributed by atoms with Crippen LogP contribution in [0.15, 0.2) is 30.5 Å². The number of hydrogen-bond donors (Lipinski definition) is 1. The van der Waals surface area contributed by atoms with Crippen molar-refractivity contribution >= 4 is 7.75 Å². The molecule has 1 aromatic rings. The SMILES string of the molecule is CCCCCCCC/C=C\CCCCCCCCOP(=O)(NCc1cn(CCOCCOC)nn1)OCCCCCCCC/C=C\CCCCCCCC. The Morgan fingerprint density at radius 1 is 0.574 bits per heavy atom. The van der Waals surface area contributed by atoms with E-state index in [-0.39, 0.29) is 6.54 Å². The molecule has 1 N–H and O–H groups in total. The molecule has 0 radical (unpaired) electrons. The molecule has 1 heterocycles. The van der Waals surface area contributed by atoms with E-state index in [4.69, 9.17) is 18.5 Å². The molecule has 10 heteroatoms. The van der Waals surface area contributed by atoms with Crippen LogP contribution < -0.4 is 5.09 Å². The normalized spacial score (nSPS) is 12.3. The summed E-state index contributed by atoms with van der Waals surface area (Å²) in [5.41, 5.74) is 0.689. The number of ether oxygens (including phenoxy) is 2. The maximum Gasteiger partial charge on any atom is 0.405 e. The highest BCUT2D eigenvalue weighted by Crippen LogP contribution is 2.44. The van der Waals surface area contributed by atoms with Crippen LogP contribution in [0.25, 0.3) is 0 Å². The van der Waals surface area contributed by atoms with Gasteiger partial charge in [0, 0.05) is 13.3 Å². The summed E-state index contributed by atoms with van der Waals surface area (Å²) in [6.07, 6.45) is 46.4. The van der Waals surface area contributed by atoms with Crippen LogP contribution in [0.5, 0.6) is 0 Å². The smallest absolute Gasteiger partial charge is 0.382 e. The molecular formula is C44H85N4O5P. The van der Waals surface area contributed by atoms with Crippen LogP contribution in [0.4, 0.5) is 0 Å². The lowest BCUT2D eigenvalue weighted by atomic mass is 10.1.